The summed E-state index contributed by atoms with van der Waals surface area (Å²) in [6, 6.07) is -0.259. The Morgan fingerprint density at radius 3 is 2.70 bits per heavy atom. The van der Waals surface area contributed by atoms with Crippen LogP contribution >= 0.6 is 11.8 Å². The first kappa shape index (κ1) is 13.5. The Bertz CT molecular complexity index is 606. The highest BCUT2D eigenvalue weighted by Crippen LogP contribution is 2.20. The average molecular weight is 293 g/mol. The number of thioether (sulfide) groups is 1. The summed E-state index contributed by atoms with van der Waals surface area (Å²) in [5.74, 6) is 2.22. The van der Waals surface area contributed by atoms with Gasteiger partial charge in [0.2, 0.25) is 5.91 Å². The third kappa shape index (κ3) is 2.19. The molecule has 0 aromatic carbocycles. The lowest BCUT2D eigenvalue weighted by atomic mass is 10.3. The molecule has 0 spiro atoms. The van der Waals surface area contributed by atoms with E-state index in [4.69, 9.17) is 0 Å². The van der Waals surface area contributed by atoms with E-state index < -0.39 is 0 Å². The lowest BCUT2D eigenvalue weighted by Gasteiger charge is -2.28. The van der Waals surface area contributed by atoms with Gasteiger partial charge in [0.25, 0.3) is 0 Å². The number of hydrogen-bond acceptors (Lipinski definition) is 4. The van der Waals surface area contributed by atoms with Crippen LogP contribution in [0.3, 0.4) is 0 Å². The largest absolute Gasteiger partial charge is 0.339 e. The molecule has 1 amide bonds. The SMILES string of the molecule is Cc1nn(C)c2cn([C@@H](C)C(=O)N3CCSCC3)nc12. The Morgan fingerprint density at radius 1 is 1.35 bits per heavy atom. The standard InChI is InChI=1S/C13H19N5OS/c1-9-12-11(16(3)14-9)8-18(15-12)10(2)13(19)17-4-6-20-7-5-17/h8,10H,4-7H2,1-3H3/t10-/m0/s1. The van der Waals surface area contributed by atoms with E-state index in [9.17, 15) is 4.79 Å². The van der Waals surface area contributed by atoms with Crippen molar-refractivity contribution in [2.45, 2.75) is 19.9 Å². The first-order chi connectivity index (χ1) is 9.58. The van der Waals surface area contributed by atoms with Crippen LogP contribution in [0.2, 0.25) is 0 Å². The van der Waals surface area contributed by atoms with E-state index in [2.05, 4.69) is 10.2 Å². The lowest BCUT2D eigenvalue weighted by Crippen LogP contribution is -2.41. The number of hydrogen-bond donors (Lipinski definition) is 0. The number of amides is 1. The Labute approximate surface area is 122 Å². The number of aromatic nitrogens is 4. The van der Waals surface area contributed by atoms with Crippen LogP contribution in [0.4, 0.5) is 0 Å². The molecule has 1 aliphatic heterocycles. The van der Waals surface area contributed by atoms with E-state index in [0.29, 0.717) is 0 Å². The van der Waals surface area contributed by atoms with Gasteiger partial charge in [0, 0.05) is 31.6 Å². The Morgan fingerprint density at radius 2 is 2.05 bits per heavy atom. The monoisotopic (exact) mass is 293 g/mol. The van der Waals surface area contributed by atoms with Gasteiger partial charge in [-0.1, -0.05) is 0 Å². The van der Waals surface area contributed by atoms with Crippen molar-refractivity contribution in [2.24, 2.45) is 7.05 Å². The molecule has 0 unspecified atom stereocenters. The highest BCUT2D eigenvalue weighted by molar-refractivity contribution is 7.99. The first-order valence-corrected chi connectivity index (χ1v) is 7.98. The summed E-state index contributed by atoms with van der Waals surface area (Å²) in [6.07, 6.45) is 1.91. The Balaban J connectivity index is 1.86. The Kier molecular flexibility index (Phi) is 3.45. The zero-order valence-corrected chi connectivity index (χ0v) is 12.9. The highest BCUT2D eigenvalue weighted by Gasteiger charge is 2.25. The maximum absolute atomic E-state index is 12.5. The van der Waals surface area contributed by atoms with E-state index in [1.165, 1.54) is 0 Å². The van der Waals surface area contributed by atoms with Gasteiger partial charge in [0.1, 0.15) is 17.1 Å². The lowest BCUT2D eigenvalue weighted by molar-refractivity contribution is -0.134. The van der Waals surface area contributed by atoms with Gasteiger partial charge < -0.3 is 4.90 Å². The molecule has 0 bridgehead atoms. The molecule has 1 aliphatic rings. The molecule has 108 valence electrons. The second-order valence-electron chi connectivity index (χ2n) is 5.17. The second-order valence-corrected chi connectivity index (χ2v) is 6.39. The predicted octanol–water partition coefficient (Wildman–Crippen LogP) is 1.21. The topological polar surface area (TPSA) is 56.0 Å². The van der Waals surface area contributed by atoms with Crippen LogP contribution in [0.25, 0.3) is 11.0 Å². The third-order valence-electron chi connectivity index (χ3n) is 3.78. The third-order valence-corrected chi connectivity index (χ3v) is 4.72. The van der Waals surface area contributed by atoms with Crippen LogP contribution in [-0.4, -0.2) is 55.0 Å². The van der Waals surface area contributed by atoms with E-state index in [1.54, 1.807) is 4.68 Å². The molecule has 0 N–H and O–H groups in total. The summed E-state index contributed by atoms with van der Waals surface area (Å²) in [5.41, 5.74) is 2.74. The molecule has 1 fully saturated rings. The van der Waals surface area contributed by atoms with Gasteiger partial charge in [0.05, 0.1) is 11.9 Å². The van der Waals surface area contributed by atoms with Crippen LogP contribution in [-0.2, 0) is 11.8 Å². The molecular formula is C13H19N5OS. The maximum atomic E-state index is 12.5. The molecule has 0 saturated carbocycles. The average Bonchev–Trinajstić information content (AvgIpc) is 3.01. The minimum absolute atomic E-state index is 0.156. The molecule has 3 heterocycles. The summed E-state index contributed by atoms with van der Waals surface area (Å²) in [6.45, 7) is 5.54. The number of carbonyl (C=O) groups excluding carboxylic acids is 1. The summed E-state index contributed by atoms with van der Waals surface area (Å²) in [4.78, 5) is 14.4. The molecule has 20 heavy (non-hydrogen) atoms. The van der Waals surface area contributed by atoms with Gasteiger partial charge in [-0.2, -0.15) is 22.0 Å². The van der Waals surface area contributed by atoms with Gasteiger partial charge in [-0.05, 0) is 13.8 Å². The van der Waals surface area contributed by atoms with E-state index >= 15 is 0 Å². The normalized spacial score (nSPS) is 17.6. The van der Waals surface area contributed by atoms with Gasteiger partial charge in [-0.25, -0.2) is 0 Å². The molecule has 2 aromatic rings. The van der Waals surface area contributed by atoms with Gasteiger partial charge in [0.15, 0.2) is 0 Å². The number of carbonyl (C=O) groups is 1. The number of rotatable bonds is 2. The van der Waals surface area contributed by atoms with E-state index in [-0.39, 0.29) is 11.9 Å². The summed E-state index contributed by atoms with van der Waals surface area (Å²) >= 11 is 1.90. The number of aryl methyl sites for hydroxylation is 2. The molecule has 3 rings (SSSR count). The summed E-state index contributed by atoms with van der Waals surface area (Å²) in [5, 5.41) is 8.86. The van der Waals surface area contributed by atoms with Gasteiger partial charge >= 0.3 is 0 Å². The van der Waals surface area contributed by atoms with Gasteiger partial charge in [-0.3, -0.25) is 14.2 Å². The minimum Gasteiger partial charge on any atom is -0.339 e. The zero-order chi connectivity index (χ0) is 14.3. The molecule has 0 aliphatic carbocycles. The van der Waals surface area contributed by atoms with Crippen LogP contribution in [0.15, 0.2) is 6.20 Å². The van der Waals surface area contributed by atoms with Crippen molar-refractivity contribution in [3.05, 3.63) is 11.9 Å². The van der Waals surface area contributed by atoms with E-state index in [0.717, 1.165) is 41.3 Å². The quantitative estimate of drug-likeness (QED) is 0.835. The van der Waals surface area contributed by atoms with Gasteiger partial charge in [-0.15, -0.1) is 0 Å². The smallest absolute Gasteiger partial charge is 0.247 e. The molecular weight excluding hydrogens is 274 g/mol. The van der Waals surface area contributed by atoms with Crippen LogP contribution in [0.1, 0.15) is 18.7 Å². The van der Waals surface area contributed by atoms with Crippen molar-refractivity contribution in [3.8, 4) is 0 Å². The van der Waals surface area contributed by atoms with Crippen LogP contribution in [0.5, 0.6) is 0 Å². The predicted molar refractivity (Wildman–Crippen MR) is 79.9 cm³/mol. The van der Waals surface area contributed by atoms with Crippen molar-refractivity contribution in [1.29, 1.82) is 0 Å². The summed E-state index contributed by atoms with van der Waals surface area (Å²) < 4.78 is 3.58. The fourth-order valence-corrected chi connectivity index (χ4v) is 3.47. The molecule has 1 atom stereocenters. The van der Waals surface area contributed by atoms with Crippen molar-refractivity contribution in [3.63, 3.8) is 0 Å². The zero-order valence-electron chi connectivity index (χ0n) is 12.0. The van der Waals surface area contributed by atoms with Crippen molar-refractivity contribution in [2.75, 3.05) is 24.6 Å². The highest BCUT2D eigenvalue weighted by atomic mass is 32.2. The number of nitrogens with zero attached hydrogens (tertiary/aromatic N) is 5. The molecule has 2 aromatic heterocycles. The van der Waals surface area contributed by atoms with Crippen molar-refractivity contribution < 1.29 is 4.79 Å². The maximum Gasteiger partial charge on any atom is 0.247 e. The number of fused-ring (bicyclic) bond motifs is 1. The molecule has 7 heteroatoms. The summed E-state index contributed by atoms with van der Waals surface area (Å²) in [7, 11) is 1.90. The fraction of sp³-hybridized carbons (Fsp3) is 0.615. The fourth-order valence-electron chi connectivity index (χ4n) is 2.56. The van der Waals surface area contributed by atoms with Crippen LogP contribution < -0.4 is 0 Å². The molecule has 0 radical (unpaired) electrons. The van der Waals surface area contributed by atoms with E-state index in [1.807, 2.05) is 48.4 Å². The van der Waals surface area contributed by atoms with Crippen LogP contribution in [0, 0.1) is 6.92 Å². The molecule has 6 nitrogen and oxygen atoms in total. The Hall–Kier alpha value is -1.50. The van der Waals surface area contributed by atoms with Crippen molar-refractivity contribution in [1.82, 2.24) is 24.5 Å². The van der Waals surface area contributed by atoms with Crippen molar-refractivity contribution >= 4 is 28.7 Å². The second kappa shape index (κ2) is 5.12. The molecule has 1 saturated heterocycles. The first-order valence-electron chi connectivity index (χ1n) is 6.83. The minimum atomic E-state index is -0.259.